The van der Waals surface area contributed by atoms with Crippen LogP contribution in [0.1, 0.15) is 32.1 Å². The van der Waals surface area contributed by atoms with Crippen molar-refractivity contribution in [2.45, 2.75) is 43.7 Å². The average Bonchev–Trinajstić information content (AvgIpc) is 2.46. The minimum Gasteiger partial charge on any atom is -0.367 e. The maximum atomic E-state index is 4.45. The van der Waals surface area contributed by atoms with Crippen LogP contribution in [0.4, 0.5) is 5.82 Å². The van der Waals surface area contributed by atoms with Gasteiger partial charge in [0.2, 0.25) is 0 Å². The zero-order valence-corrected chi connectivity index (χ0v) is 11.6. The second kappa shape index (κ2) is 4.70. The summed E-state index contributed by atoms with van der Waals surface area (Å²) in [7, 11) is 0. The number of nitrogens with zero attached hydrogens (tertiary/aromatic N) is 2. The maximum absolute atomic E-state index is 4.45. The standard InChI is InChI=1S/C16H20N4/c1-2-5-14-13(4-1)15(18-11-17-14)20-12-6-9-19-16(10-12)7-3-8-16/h1-2,4-5,11-12,19H,3,6-10H2,(H,17,18,20). The SMILES string of the molecule is c1ccc2c(NC3CCNC4(CCC4)C3)ncnc2c1. The molecule has 4 heteroatoms. The molecule has 1 atom stereocenters. The van der Waals surface area contributed by atoms with Crippen LogP contribution in [0.5, 0.6) is 0 Å². The van der Waals surface area contributed by atoms with Crippen LogP contribution in [0, 0.1) is 0 Å². The van der Waals surface area contributed by atoms with E-state index in [0.29, 0.717) is 11.6 Å². The molecule has 2 fully saturated rings. The normalized spacial score (nSPS) is 24.5. The minimum absolute atomic E-state index is 0.415. The molecule has 0 amide bonds. The molecule has 0 radical (unpaired) electrons. The van der Waals surface area contributed by atoms with Crippen LogP contribution < -0.4 is 10.6 Å². The molecular weight excluding hydrogens is 248 g/mol. The van der Waals surface area contributed by atoms with Gasteiger partial charge in [0.05, 0.1) is 5.52 Å². The molecular formula is C16H20N4. The quantitative estimate of drug-likeness (QED) is 0.879. The zero-order valence-electron chi connectivity index (χ0n) is 11.6. The Hall–Kier alpha value is -1.68. The van der Waals surface area contributed by atoms with Crippen molar-refractivity contribution in [3.63, 3.8) is 0 Å². The lowest BCUT2D eigenvalue weighted by Crippen LogP contribution is -2.58. The van der Waals surface area contributed by atoms with E-state index in [0.717, 1.165) is 23.3 Å². The molecule has 0 bridgehead atoms. The Morgan fingerprint density at radius 3 is 2.95 bits per heavy atom. The topological polar surface area (TPSA) is 49.8 Å². The van der Waals surface area contributed by atoms with Crippen molar-refractivity contribution in [3.8, 4) is 0 Å². The van der Waals surface area contributed by atoms with Gasteiger partial charge >= 0.3 is 0 Å². The molecule has 1 aromatic carbocycles. The number of hydrogen-bond donors (Lipinski definition) is 2. The molecule has 20 heavy (non-hydrogen) atoms. The van der Waals surface area contributed by atoms with Gasteiger partial charge in [0.25, 0.3) is 0 Å². The highest BCUT2D eigenvalue weighted by Crippen LogP contribution is 2.39. The molecule has 1 aromatic heterocycles. The van der Waals surface area contributed by atoms with Crippen molar-refractivity contribution in [3.05, 3.63) is 30.6 Å². The van der Waals surface area contributed by atoms with Gasteiger partial charge in [-0.25, -0.2) is 9.97 Å². The van der Waals surface area contributed by atoms with Crippen LogP contribution in [-0.4, -0.2) is 28.1 Å². The van der Waals surface area contributed by atoms with Crippen molar-refractivity contribution < 1.29 is 0 Å². The van der Waals surface area contributed by atoms with E-state index < -0.39 is 0 Å². The van der Waals surface area contributed by atoms with Crippen molar-refractivity contribution in [1.29, 1.82) is 0 Å². The van der Waals surface area contributed by atoms with Gasteiger partial charge in [0.1, 0.15) is 12.1 Å². The van der Waals surface area contributed by atoms with Gasteiger partial charge in [0.15, 0.2) is 0 Å². The molecule has 1 saturated heterocycles. The Morgan fingerprint density at radius 2 is 2.10 bits per heavy atom. The van der Waals surface area contributed by atoms with Gasteiger partial charge in [-0.3, -0.25) is 0 Å². The molecule has 1 aliphatic heterocycles. The number of rotatable bonds is 2. The van der Waals surface area contributed by atoms with E-state index in [4.69, 9.17) is 0 Å². The Morgan fingerprint density at radius 1 is 1.20 bits per heavy atom. The average molecular weight is 268 g/mol. The second-order valence-corrected chi connectivity index (χ2v) is 6.13. The number of piperidine rings is 1. The third-order valence-electron chi connectivity index (χ3n) is 4.82. The van der Waals surface area contributed by atoms with Crippen LogP contribution in [-0.2, 0) is 0 Å². The van der Waals surface area contributed by atoms with Crippen LogP contribution >= 0.6 is 0 Å². The first-order valence-electron chi connectivity index (χ1n) is 7.56. The summed E-state index contributed by atoms with van der Waals surface area (Å²) in [6.45, 7) is 1.11. The summed E-state index contributed by atoms with van der Waals surface area (Å²) in [5.41, 5.74) is 1.43. The Labute approximate surface area is 119 Å². The number of para-hydroxylation sites is 1. The van der Waals surface area contributed by atoms with Crippen molar-refractivity contribution >= 4 is 16.7 Å². The molecule has 1 saturated carbocycles. The number of nitrogens with one attached hydrogen (secondary N) is 2. The summed E-state index contributed by atoms with van der Waals surface area (Å²) in [5, 5.41) is 8.49. The van der Waals surface area contributed by atoms with Gasteiger partial charge in [-0.1, -0.05) is 12.1 Å². The van der Waals surface area contributed by atoms with E-state index in [1.54, 1.807) is 6.33 Å². The predicted octanol–water partition coefficient (Wildman–Crippen LogP) is 2.72. The van der Waals surface area contributed by atoms with Gasteiger partial charge in [-0.2, -0.15) is 0 Å². The van der Waals surface area contributed by atoms with Crippen molar-refractivity contribution in [2.75, 3.05) is 11.9 Å². The van der Waals surface area contributed by atoms with Gasteiger partial charge in [-0.05, 0) is 50.8 Å². The molecule has 1 aliphatic carbocycles. The molecule has 2 aromatic rings. The number of benzene rings is 1. The van der Waals surface area contributed by atoms with Crippen molar-refractivity contribution in [2.24, 2.45) is 0 Å². The smallest absolute Gasteiger partial charge is 0.137 e. The summed E-state index contributed by atoms with van der Waals surface area (Å²) < 4.78 is 0. The van der Waals surface area contributed by atoms with E-state index >= 15 is 0 Å². The second-order valence-electron chi connectivity index (χ2n) is 6.13. The maximum Gasteiger partial charge on any atom is 0.137 e. The fraction of sp³-hybridized carbons (Fsp3) is 0.500. The molecule has 1 spiro atoms. The van der Waals surface area contributed by atoms with E-state index in [-0.39, 0.29) is 0 Å². The third-order valence-corrected chi connectivity index (χ3v) is 4.82. The molecule has 4 nitrogen and oxygen atoms in total. The van der Waals surface area contributed by atoms with Crippen LogP contribution in [0.3, 0.4) is 0 Å². The summed E-state index contributed by atoms with van der Waals surface area (Å²) in [6, 6.07) is 8.73. The summed E-state index contributed by atoms with van der Waals surface area (Å²) in [4.78, 5) is 8.78. The van der Waals surface area contributed by atoms with E-state index in [1.165, 1.54) is 32.1 Å². The predicted molar refractivity (Wildman–Crippen MR) is 80.8 cm³/mol. The van der Waals surface area contributed by atoms with E-state index in [1.807, 2.05) is 18.2 Å². The first-order chi connectivity index (χ1) is 9.85. The first-order valence-corrected chi connectivity index (χ1v) is 7.56. The molecule has 1 unspecified atom stereocenters. The Bertz CT molecular complexity index is 615. The fourth-order valence-corrected chi connectivity index (χ4v) is 3.58. The molecule has 2 N–H and O–H groups in total. The molecule has 2 aliphatic rings. The molecule has 104 valence electrons. The molecule has 2 heterocycles. The number of aromatic nitrogens is 2. The number of hydrogen-bond acceptors (Lipinski definition) is 4. The van der Waals surface area contributed by atoms with Gasteiger partial charge < -0.3 is 10.6 Å². The Kier molecular flexibility index (Phi) is 2.84. The lowest BCUT2D eigenvalue weighted by atomic mass is 9.70. The third kappa shape index (κ3) is 2.04. The number of anilines is 1. The lowest BCUT2D eigenvalue weighted by molar-refractivity contribution is 0.135. The summed E-state index contributed by atoms with van der Waals surface area (Å²) in [6.07, 6.45) is 8.07. The zero-order chi connectivity index (χ0) is 13.4. The fourth-order valence-electron chi connectivity index (χ4n) is 3.58. The number of fused-ring (bicyclic) bond motifs is 1. The van der Waals surface area contributed by atoms with Gasteiger partial charge in [-0.15, -0.1) is 0 Å². The molecule has 4 rings (SSSR count). The lowest BCUT2D eigenvalue weighted by Gasteiger charge is -2.48. The minimum atomic E-state index is 0.415. The van der Waals surface area contributed by atoms with Crippen LogP contribution in [0.2, 0.25) is 0 Å². The first kappa shape index (κ1) is 12.1. The summed E-state index contributed by atoms with van der Waals surface area (Å²) in [5.74, 6) is 0.983. The van der Waals surface area contributed by atoms with Crippen LogP contribution in [0.15, 0.2) is 30.6 Å². The highest BCUT2D eigenvalue weighted by atomic mass is 15.1. The van der Waals surface area contributed by atoms with Crippen LogP contribution in [0.25, 0.3) is 10.9 Å². The van der Waals surface area contributed by atoms with Gasteiger partial charge in [0, 0.05) is 17.0 Å². The van der Waals surface area contributed by atoms with E-state index in [2.05, 4.69) is 26.7 Å². The van der Waals surface area contributed by atoms with Crippen molar-refractivity contribution in [1.82, 2.24) is 15.3 Å². The Balaban J connectivity index is 1.58. The highest BCUT2D eigenvalue weighted by Gasteiger charge is 2.40. The largest absolute Gasteiger partial charge is 0.367 e. The monoisotopic (exact) mass is 268 g/mol. The highest BCUT2D eigenvalue weighted by molar-refractivity contribution is 5.88. The van der Waals surface area contributed by atoms with E-state index in [9.17, 15) is 0 Å². The summed E-state index contributed by atoms with van der Waals surface area (Å²) >= 11 is 0.